The highest BCUT2D eigenvalue weighted by Crippen LogP contribution is 2.39. The summed E-state index contributed by atoms with van der Waals surface area (Å²) < 4.78 is 6.93. The van der Waals surface area contributed by atoms with Crippen LogP contribution in [0, 0.1) is 11.3 Å². The predicted octanol–water partition coefficient (Wildman–Crippen LogP) is 1.40. The molecule has 2 rings (SSSR count). The zero-order valence-corrected chi connectivity index (χ0v) is 13.8. The second kappa shape index (κ2) is 6.50. The first-order valence-electron chi connectivity index (χ1n) is 7.81. The number of ether oxygens (including phenoxy) is 1. The molecular formula is C16H25N3O3. The topological polar surface area (TPSA) is 64.4 Å². The van der Waals surface area contributed by atoms with Crippen LogP contribution in [-0.4, -0.2) is 46.3 Å². The van der Waals surface area contributed by atoms with Gasteiger partial charge in [-0.05, 0) is 24.8 Å². The SMILES string of the molecule is CCOC(=O)[C@@]1(C(C)C)CCN(C(=O)Cc2cnn(C)c2)C1. The molecule has 1 aromatic rings. The molecule has 0 saturated carbocycles. The predicted molar refractivity (Wildman–Crippen MR) is 82.0 cm³/mol. The van der Waals surface area contributed by atoms with Crippen molar-refractivity contribution in [2.75, 3.05) is 19.7 Å². The van der Waals surface area contributed by atoms with Gasteiger partial charge in [0.15, 0.2) is 0 Å². The fourth-order valence-corrected chi connectivity index (χ4v) is 3.04. The van der Waals surface area contributed by atoms with E-state index in [2.05, 4.69) is 5.10 Å². The second-order valence-electron chi connectivity index (χ2n) is 6.30. The Bertz CT molecular complexity index is 553. The summed E-state index contributed by atoms with van der Waals surface area (Å²) in [5.74, 6) is 0.00393. The molecular weight excluding hydrogens is 282 g/mol. The summed E-state index contributed by atoms with van der Waals surface area (Å²) in [6.45, 7) is 7.28. The Hall–Kier alpha value is -1.85. The molecule has 0 spiro atoms. The number of carbonyl (C=O) groups excluding carboxylic acids is 2. The lowest BCUT2D eigenvalue weighted by Crippen LogP contribution is -2.42. The van der Waals surface area contributed by atoms with Crippen molar-refractivity contribution in [1.82, 2.24) is 14.7 Å². The van der Waals surface area contributed by atoms with Gasteiger partial charge in [0.1, 0.15) is 0 Å². The average molecular weight is 307 g/mol. The Balaban J connectivity index is 2.06. The van der Waals surface area contributed by atoms with Crippen molar-refractivity contribution < 1.29 is 14.3 Å². The molecule has 22 heavy (non-hydrogen) atoms. The Morgan fingerprint density at radius 2 is 2.18 bits per heavy atom. The zero-order chi connectivity index (χ0) is 16.3. The van der Waals surface area contributed by atoms with Gasteiger partial charge in [0.2, 0.25) is 5.91 Å². The van der Waals surface area contributed by atoms with Crippen molar-refractivity contribution in [2.45, 2.75) is 33.6 Å². The molecule has 0 aliphatic carbocycles. The molecule has 0 radical (unpaired) electrons. The van der Waals surface area contributed by atoms with E-state index < -0.39 is 5.41 Å². The molecule has 0 unspecified atom stereocenters. The van der Waals surface area contributed by atoms with Gasteiger partial charge in [-0.15, -0.1) is 0 Å². The van der Waals surface area contributed by atoms with E-state index in [0.29, 0.717) is 32.5 Å². The van der Waals surface area contributed by atoms with Crippen molar-refractivity contribution in [3.8, 4) is 0 Å². The lowest BCUT2D eigenvalue weighted by Gasteiger charge is -2.30. The summed E-state index contributed by atoms with van der Waals surface area (Å²) >= 11 is 0. The van der Waals surface area contributed by atoms with Crippen molar-refractivity contribution >= 4 is 11.9 Å². The van der Waals surface area contributed by atoms with Crippen LogP contribution in [0.3, 0.4) is 0 Å². The van der Waals surface area contributed by atoms with Gasteiger partial charge in [-0.1, -0.05) is 13.8 Å². The first-order chi connectivity index (χ1) is 10.4. The van der Waals surface area contributed by atoms with Gasteiger partial charge in [-0.3, -0.25) is 14.3 Å². The minimum absolute atomic E-state index is 0.0415. The van der Waals surface area contributed by atoms with E-state index in [0.717, 1.165) is 5.56 Å². The molecule has 1 saturated heterocycles. The maximum atomic E-state index is 12.5. The first kappa shape index (κ1) is 16.5. The summed E-state index contributed by atoms with van der Waals surface area (Å²) in [4.78, 5) is 26.6. The quantitative estimate of drug-likeness (QED) is 0.771. The van der Waals surface area contributed by atoms with Gasteiger partial charge < -0.3 is 9.64 Å². The summed E-state index contributed by atoms with van der Waals surface area (Å²) in [5.41, 5.74) is 0.325. The number of amides is 1. The Morgan fingerprint density at radius 3 is 2.73 bits per heavy atom. The highest BCUT2D eigenvalue weighted by molar-refractivity contribution is 5.83. The molecule has 2 heterocycles. The zero-order valence-electron chi connectivity index (χ0n) is 13.8. The first-order valence-corrected chi connectivity index (χ1v) is 7.81. The van der Waals surface area contributed by atoms with Crippen LogP contribution in [0.15, 0.2) is 12.4 Å². The highest BCUT2D eigenvalue weighted by Gasteiger charge is 2.49. The molecule has 6 nitrogen and oxygen atoms in total. The lowest BCUT2D eigenvalue weighted by atomic mass is 9.76. The number of esters is 1. The fraction of sp³-hybridized carbons (Fsp3) is 0.688. The molecule has 0 N–H and O–H groups in total. The number of nitrogens with zero attached hydrogens (tertiary/aromatic N) is 3. The van der Waals surface area contributed by atoms with E-state index in [1.165, 1.54) is 0 Å². The van der Waals surface area contributed by atoms with Crippen LogP contribution < -0.4 is 0 Å². The van der Waals surface area contributed by atoms with Gasteiger partial charge in [-0.2, -0.15) is 5.10 Å². The van der Waals surface area contributed by atoms with Gasteiger partial charge in [0, 0.05) is 26.3 Å². The molecule has 122 valence electrons. The molecule has 1 aliphatic rings. The number of rotatable bonds is 5. The fourth-order valence-electron chi connectivity index (χ4n) is 3.04. The van der Waals surface area contributed by atoms with Crippen LogP contribution >= 0.6 is 0 Å². The van der Waals surface area contributed by atoms with E-state index in [4.69, 9.17) is 4.74 Å². The van der Waals surface area contributed by atoms with Gasteiger partial charge in [0.25, 0.3) is 0 Å². The Labute approximate surface area is 131 Å². The van der Waals surface area contributed by atoms with E-state index in [9.17, 15) is 9.59 Å². The maximum absolute atomic E-state index is 12.5. The van der Waals surface area contributed by atoms with Crippen molar-refractivity contribution in [3.63, 3.8) is 0 Å². The smallest absolute Gasteiger partial charge is 0.314 e. The third kappa shape index (κ3) is 3.15. The van der Waals surface area contributed by atoms with Crippen LogP contribution in [0.4, 0.5) is 0 Å². The maximum Gasteiger partial charge on any atom is 0.314 e. The summed E-state index contributed by atoms with van der Waals surface area (Å²) in [5, 5.41) is 4.08. The summed E-state index contributed by atoms with van der Waals surface area (Å²) in [6, 6.07) is 0. The van der Waals surface area contributed by atoms with Gasteiger partial charge in [-0.25, -0.2) is 0 Å². The van der Waals surface area contributed by atoms with E-state index in [-0.39, 0.29) is 17.8 Å². The van der Waals surface area contributed by atoms with Gasteiger partial charge in [0.05, 0.1) is 24.6 Å². The molecule has 1 aromatic heterocycles. The average Bonchev–Trinajstić information content (AvgIpc) is 3.06. The van der Waals surface area contributed by atoms with Crippen LogP contribution in [0.5, 0.6) is 0 Å². The number of carbonyl (C=O) groups is 2. The lowest BCUT2D eigenvalue weighted by molar-refractivity contribution is -0.157. The van der Waals surface area contributed by atoms with Crippen molar-refractivity contribution in [1.29, 1.82) is 0 Å². The van der Waals surface area contributed by atoms with Crippen molar-refractivity contribution in [3.05, 3.63) is 18.0 Å². The molecule has 1 amide bonds. The number of aromatic nitrogens is 2. The normalized spacial score (nSPS) is 21.4. The van der Waals surface area contributed by atoms with Gasteiger partial charge >= 0.3 is 5.97 Å². The van der Waals surface area contributed by atoms with E-state index >= 15 is 0 Å². The molecule has 1 atom stereocenters. The van der Waals surface area contributed by atoms with E-state index in [1.54, 1.807) is 15.8 Å². The Morgan fingerprint density at radius 1 is 1.45 bits per heavy atom. The molecule has 1 aliphatic heterocycles. The summed E-state index contributed by atoms with van der Waals surface area (Å²) in [7, 11) is 1.83. The number of hydrogen-bond acceptors (Lipinski definition) is 4. The van der Waals surface area contributed by atoms with Crippen LogP contribution in [0.2, 0.25) is 0 Å². The third-order valence-electron chi connectivity index (χ3n) is 4.55. The molecule has 6 heteroatoms. The summed E-state index contributed by atoms with van der Waals surface area (Å²) in [6.07, 6.45) is 4.54. The van der Waals surface area contributed by atoms with Crippen LogP contribution in [0.25, 0.3) is 0 Å². The van der Waals surface area contributed by atoms with Crippen molar-refractivity contribution in [2.24, 2.45) is 18.4 Å². The largest absolute Gasteiger partial charge is 0.466 e. The molecule has 1 fully saturated rings. The minimum Gasteiger partial charge on any atom is -0.466 e. The Kier molecular flexibility index (Phi) is 4.88. The third-order valence-corrected chi connectivity index (χ3v) is 4.55. The highest BCUT2D eigenvalue weighted by atomic mass is 16.5. The number of aryl methyl sites for hydroxylation is 1. The van der Waals surface area contributed by atoms with Crippen LogP contribution in [0.1, 0.15) is 32.8 Å². The monoisotopic (exact) mass is 307 g/mol. The van der Waals surface area contributed by atoms with Crippen LogP contribution in [-0.2, 0) is 27.8 Å². The standard InChI is InChI=1S/C16H25N3O3/c1-5-22-15(21)16(12(2)3)6-7-19(11-16)14(20)8-13-9-17-18(4)10-13/h9-10,12H,5-8,11H2,1-4H3/t16-/m0/s1. The minimum atomic E-state index is -0.569. The molecule has 0 bridgehead atoms. The number of likely N-dealkylation sites (tertiary alicyclic amines) is 1. The van der Waals surface area contributed by atoms with E-state index in [1.807, 2.05) is 34.0 Å². The number of hydrogen-bond donors (Lipinski definition) is 0. The second-order valence-corrected chi connectivity index (χ2v) is 6.30. The molecule has 0 aromatic carbocycles.